The van der Waals surface area contributed by atoms with Crippen molar-refractivity contribution in [2.24, 2.45) is 0 Å². The van der Waals surface area contributed by atoms with E-state index in [9.17, 15) is 9.59 Å². The van der Waals surface area contributed by atoms with Crippen LogP contribution in [0, 0.1) is 0 Å². The van der Waals surface area contributed by atoms with E-state index in [1.165, 1.54) is 11.8 Å². The molecule has 26 heavy (non-hydrogen) atoms. The van der Waals surface area contributed by atoms with Gasteiger partial charge in [0.2, 0.25) is 11.8 Å². The lowest BCUT2D eigenvalue weighted by atomic mass is 10.0. The Labute approximate surface area is 155 Å². The van der Waals surface area contributed by atoms with Crippen molar-refractivity contribution in [1.82, 2.24) is 0 Å². The first-order chi connectivity index (χ1) is 12.3. The number of carbonyl (C=O) groups excluding carboxylic acids is 2. The Morgan fingerprint density at radius 2 is 1.62 bits per heavy atom. The third-order valence-electron chi connectivity index (χ3n) is 4.20. The molecule has 0 aliphatic heterocycles. The molecule has 1 N–H and O–H groups in total. The SMILES string of the molecule is CC(=O)N(CC(=O)Nc1ccc(N(C)C)cc1)c1ccccc1C(C)C. The smallest absolute Gasteiger partial charge is 0.244 e. The van der Waals surface area contributed by atoms with Crippen molar-refractivity contribution >= 4 is 28.9 Å². The second-order valence-electron chi connectivity index (χ2n) is 6.81. The van der Waals surface area contributed by atoms with E-state index in [-0.39, 0.29) is 24.3 Å². The number of nitrogens with one attached hydrogen (secondary N) is 1. The molecule has 0 heterocycles. The lowest BCUT2D eigenvalue weighted by molar-refractivity contribution is -0.120. The quantitative estimate of drug-likeness (QED) is 0.858. The van der Waals surface area contributed by atoms with Crippen LogP contribution in [0.2, 0.25) is 0 Å². The van der Waals surface area contributed by atoms with E-state index in [0.29, 0.717) is 5.69 Å². The molecular formula is C21H27N3O2. The van der Waals surface area contributed by atoms with Crippen molar-refractivity contribution in [3.05, 3.63) is 54.1 Å². The summed E-state index contributed by atoms with van der Waals surface area (Å²) >= 11 is 0. The molecule has 138 valence electrons. The second-order valence-corrected chi connectivity index (χ2v) is 6.81. The van der Waals surface area contributed by atoms with Gasteiger partial charge in [-0.25, -0.2) is 0 Å². The largest absolute Gasteiger partial charge is 0.378 e. The minimum Gasteiger partial charge on any atom is -0.378 e. The Hall–Kier alpha value is -2.82. The molecular weight excluding hydrogens is 326 g/mol. The molecule has 5 nitrogen and oxygen atoms in total. The van der Waals surface area contributed by atoms with Crippen molar-refractivity contribution in [2.45, 2.75) is 26.7 Å². The van der Waals surface area contributed by atoms with E-state index in [1.807, 2.05) is 67.5 Å². The maximum absolute atomic E-state index is 12.5. The number of amides is 2. The topological polar surface area (TPSA) is 52.7 Å². The van der Waals surface area contributed by atoms with Crippen LogP contribution in [0.25, 0.3) is 0 Å². The van der Waals surface area contributed by atoms with Gasteiger partial charge in [0.1, 0.15) is 6.54 Å². The summed E-state index contributed by atoms with van der Waals surface area (Å²) in [5, 5.41) is 2.86. The van der Waals surface area contributed by atoms with Gasteiger partial charge >= 0.3 is 0 Å². The number of rotatable bonds is 6. The van der Waals surface area contributed by atoms with Crippen molar-refractivity contribution in [3.63, 3.8) is 0 Å². The molecule has 2 rings (SSSR count). The lowest BCUT2D eigenvalue weighted by Crippen LogP contribution is -2.37. The summed E-state index contributed by atoms with van der Waals surface area (Å²) in [4.78, 5) is 28.2. The number of anilines is 3. The Kier molecular flexibility index (Phi) is 6.39. The molecule has 0 unspecified atom stereocenters. The fourth-order valence-electron chi connectivity index (χ4n) is 2.77. The molecule has 0 saturated heterocycles. The first-order valence-electron chi connectivity index (χ1n) is 8.74. The summed E-state index contributed by atoms with van der Waals surface area (Å²) in [6, 6.07) is 15.3. The minimum absolute atomic E-state index is 0.0193. The molecule has 5 heteroatoms. The van der Waals surface area contributed by atoms with Crippen LogP contribution in [-0.2, 0) is 9.59 Å². The highest BCUT2D eigenvalue weighted by atomic mass is 16.2. The van der Waals surface area contributed by atoms with Crippen LogP contribution in [0.5, 0.6) is 0 Å². The van der Waals surface area contributed by atoms with E-state index in [4.69, 9.17) is 0 Å². The molecule has 2 amide bonds. The predicted octanol–water partition coefficient (Wildman–Crippen LogP) is 3.87. The average Bonchev–Trinajstić information content (AvgIpc) is 2.60. The molecule has 0 aliphatic carbocycles. The van der Waals surface area contributed by atoms with Gasteiger partial charge in [-0.3, -0.25) is 9.59 Å². The predicted molar refractivity (Wildman–Crippen MR) is 108 cm³/mol. The molecule has 0 atom stereocenters. The van der Waals surface area contributed by atoms with Crippen molar-refractivity contribution in [3.8, 4) is 0 Å². The molecule has 0 aliphatic rings. The van der Waals surface area contributed by atoms with Gasteiger partial charge in [0.05, 0.1) is 0 Å². The maximum Gasteiger partial charge on any atom is 0.244 e. The van der Waals surface area contributed by atoms with Crippen LogP contribution in [0.3, 0.4) is 0 Å². The van der Waals surface area contributed by atoms with Gasteiger partial charge in [-0.05, 0) is 41.8 Å². The molecule has 2 aromatic rings. The molecule has 0 bridgehead atoms. The van der Waals surface area contributed by atoms with Crippen LogP contribution < -0.4 is 15.1 Å². The number of hydrogen-bond acceptors (Lipinski definition) is 3. The summed E-state index contributed by atoms with van der Waals surface area (Å²) in [5.74, 6) is -0.123. The average molecular weight is 353 g/mol. The zero-order valence-electron chi connectivity index (χ0n) is 16.1. The molecule has 0 spiro atoms. The van der Waals surface area contributed by atoms with Crippen LogP contribution in [0.15, 0.2) is 48.5 Å². The van der Waals surface area contributed by atoms with Crippen LogP contribution in [0.4, 0.5) is 17.1 Å². The van der Waals surface area contributed by atoms with Crippen LogP contribution in [0.1, 0.15) is 32.3 Å². The van der Waals surface area contributed by atoms with E-state index in [0.717, 1.165) is 16.9 Å². The van der Waals surface area contributed by atoms with E-state index < -0.39 is 0 Å². The Morgan fingerprint density at radius 1 is 1.00 bits per heavy atom. The first-order valence-corrected chi connectivity index (χ1v) is 8.74. The van der Waals surface area contributed by atoms with Crippen molar-refractivity contribution in [1.29, 1.82) is 0 Å². The summed E-state index contributed by atoms with van der Waals surface area (Å²) in [6.07, 6.45) is 0. The summed E-state index contributed by atoms with van der Waals surface area (Å²) in [6.45, 7) is 5.61. The zero-order chi connectivity index (χ0) is 19.3. The van der Waals surface area contributed by atoms with Crippen molar-refractivity contribution in [2.75, 3.05) is 35.8 Å². The van der Waals surface area contributed by atoms with Gasteiger partial charge in [-0.15, -0.1) is 0 Å². The summed E-state index contributed by atoms with van der Waals surface area (Å²) < 4.78 is 0. The fraction of sp³-hybridized carbons (Fsp3) is 0.333. The molecule has 0 saturated carbocycles. The highest BCUT2D eigenvalue weighted by Gasteiger charge is 2.19. The Morgan fingerprint density at radius 3 is 2.15 bits per heavy atom. The maximum atomic E-state index is 12.5. The molecule has 0 fully saturated rings. The van der Waals surface area contributed by atoms with Crippen molar-refractivity contribution < 1.29 is 9.59 Å². The number of benzene rings is 2. The highest BCUT2D eigenvalue weighted by molar-refractivity contribution is 6.02. The third kappa shape index (κ3) is 4.85. The van der Waals surface area contributed by atoms with Gasteiger partial charge < -0.3 is 15.1 Å². The molecule has 2 aromatic carbocycles. The normalized spacial score (nSPS) is 10.5. The monoisotopic (exact) mass is 353 g/mol. The summed E-state index contributed by atoms with van der Waals surface area (Å²) in [7, 11) is 3.93. The fourth-order valence-corrected chi connectivity index (χ4v) is 2.77. The molecule has 0 aromatic heterocycles. The van der Waals surface area contributed by atoms with E-state index >= 15 is 0 Å². The van der Waals surface area contributed by atoms with E-state index in [1.54, 1.807) is 0 Å². The van der Waals surface area contributed by atoms with E-state index in [2.05, 4.69) is 19.2 Å². The Balaban J connectivity index is 2.15. The number of para-hydroxylation sites is 1. The highest BCUT2D eigenvalue weighted by Crippen LogP contribution is 2.27. The number of nitrogens with zero attached hydrogens (tertiary/aromatic N) is 2. The standard InChI is InChI=1S/C21H27N3O2/c1-15(2)19-8-6-7-9-20(19)24(16(3)25)14-21(26)22-17-10-12-18(13-11-17)23(4)5/h6-13,15H,14H2,1-5H3,(H,22,26). The van der Waals surface area contributed by atoms with Gasteiger partial charge in [0.15, 0.2) is 0 Å². The zero-order valence-corrected chi connectivity index (χ0v) is 16.1. The van der Waals surface area contributed by atoms with Gasteiger partial charge in [0, 0.05) is 38.1 Å². The lowest BCUT2D eigenvalue weighted by Gasteiger charge is -2.25. The third-order valence-corrected chi connectivity index (χ3v) is 4.20. The minimum atomic E-state index is -0.226. The second kappa shape index (κ2) is 8.52. The Bertz CT molecular complexity index is 767. The summed E-state index contributed by atoms with van der Waals surface area (Å²) in [5.41, 5.74) is 3.60. The first kappa shape index (κ1) is 19.5. The number of hydrogen-bond donors (Lipinski definition) is 1. The van der Waals surface area contributed by atoms with Crippen LogP contribution >= 0.6 is 0 Å². The van der Waals surface area contributed by atoms with Gasteiger partial charge in [-0.2, -0.15) is 0 Å². The van der Waals surface area contributed by atoms with Gasteiger partial charge in [0.25, 0.3) is 0 Å². The van der Waals surface area contributed by atoms with Crippen LogP contribution in [-0.4, -0.2) is 32.5 Å². The van der Waals surface area contributed by atoms with Gasteiger partial charge in [-0.1, -0.05) is 32.0 Å². The molecule has 0 radical (unpaired) electrons. The number of carbonyl (C=O) groups is 2.